The Labute approximate surface area is 99.2 Å². The van der Waals surface area contributed by atoms with Gasteiger partial charge in [-0.15, -0.1) is 0 Å². The molecule has 0 N–H and O–H groups in total. The van der Waals surface area contributed by atoms with Crippen LogP contribution in [0.1, 0.15) is 10.4 Å². The minimum absolute atomic E-state index is 0.134. The van der Waals surface area contributed by atoms with Crippen LogP contribution in [0.25, 0.3) is 0 Å². The Morgan fingerprint density at radius 2 is 2.06 bits per heavy atom. The van der Waals surface area contributed by atoms with Crippen LogP contribution in [-0.2, 0) is 9.53 Å². The second-order valence-corrected chi connectivity index (χ2v) is 3.04. The number of hydrogen-bond acceptors (Lipinski definition) is 4. The quantitative estimate of drug-likeness (QED) is 0.338. The molecule has 0 saturated carbocycles. The Hall–Kier alpha value is -2.36. The number of rotatable bonds is 5. The van der Waals surface area contributed by atoms with Crippen LogP contribution in [0.3, 0.4) is 0 Å². The smallest absolute Gasteiger partial charge is 0.338 e. The zero-order valence-electron chi connectivity index (χ0n) is 9.22. The van der Waals surface area contributed by atoms with Crippen molar-refractivity contribution in [3.63, 3.8) is 0 Å². The second-order valence-electron chi connectivity index (χ2n) is 3.04. The Morgan fingerprint density at radius 3 is 2.71 bits per heavy atom. The lowest BCUT2D eigenvalue weighted by atomic mass is 10.2. The van der Waals surface area contributed by atoms with E-state index in [4.69, 9.17) is 9.47 Å². The molecule has 0 aliphatic rings. The molecule has 88 valence electrons. The standard InChI is InChI=1S/C13H12O4/c1-3-8-16-13(15)10-6-5-7-11(9-10)17-12(14)4-2/h3-7,9H,1-2,8H2. The van der Waals surface area contributed by atoms with Crippen LogP contribution in [0, 0.1) is 0 Å². The number of esters is 2. The molecule has 0 fully saturated rings. The van der Waals surface area contributed by atoms with Crippen molar-refractivity contribution in [3.05, 3.63) is 55.1 Å². The van der Waals surface area contributed by atoms with Gasteiger partial charge < -0.3 is 9.47 Å². The lowest BCUT2D eigenvalue weighted by Gasteiger charge is -2.04. The lowest BCUT2D eigenvalue weighted by molar-refractivity contribution is -0.128. The summed E-state index contributed by atoms with van der Waals surface area (Å²) in [7, 11) is 0. The van der Waals surface area contributed by atoms with Crippen LogP contribution >= 0.6 is 0 Å². The van der Waals surface area contributed by atoms with Gasteiger partial charge in [-0.1, -0.05) is 25.3 Å². The maximum Gasteiger partial charge on any atom is 0.338 e. The molecule has 0 radical (unpaired) electrons. The van der Waals surface area contributed by atoms with Gasteiger partial charge in [0.15, 0.2) is 0 Å². The predicted octanol–water partition coefficient (Wildman–Crippen LogP) is 2.12. The fraction of sp³-hybridized carbons (Fsp3) is 0.0769. The van der Waals surface area contributed by atoms with Gasteiger partial charge in [-0.3, -0.25) is 0 Å². The normalized spacial score (nSPS) is 9.18. The van der Waals surface area contributed by atoms with Crippen LogP contribution in [0.15, 0.2) is 49.6 Å². The third kappa shape index (κ3) is 3.95. The molecule has 0 aliphatic heterocycles. The highest BCUT2D eigenvalue weighted by atomic mass is 16.5. The minimum Gasteiger partial charge on any atom is -0.458 e. The lowest BCUT2D eigenvalue weighted by Crippen LogP contribution is -2.07. The van der Waals surface area contributed by atoms with Crippen molar-refractivity contribution in [1.82, 2.24) is 0 Å². The van der Waals surface area contributed by atoms with Crippen molar-refractivity contribution in [1.29, 1.82) is 0 Å². The van der Waals surface area contributed by atoms with E-state index in [9.17, 15) is 9.59 Å². The van der Waals surface area contributed by atoms with Gasteiger partial charge in [0, 0.05) is 6.08 Å². The van der Waals surface area contributed by atoms with Gasteiger partial charge in [0.1, 0.15) is 12.4 Å². The largest absolute Gasteiger partial charge is 0.458 e. The number of carbonyl (C=O) groups is 2. The number of ether oxygens (including phenoxy) is 2. The van der Waals surface area contributed by atoms with E-state index in [2.05, 4.69) is 13.2 Å². The minimum atomic E-state index is -0.582. The first kappa shape index (κ1) is 12.7. The molecule has 1 rings (SSSR count). The first-order valence-corrected chi connectivity index (χ1v) is 4.89. The van der Waals surface area contributed by atoms with E-state index in [0.29, 0.717) is 5.56 Å². The summed E-state index contributed by atoms with van der Waals surface area (Å²) in [6, 6.07) is 6.14. The average molecular weight is 232 g/mol. The summed E-state index contributed by atoms with van der Waals surface area (Å²) in [6.45, 7) is 6.85. The van der Waals surface area contributed by atoms with E-state index >= 15 is 0 Å². The SMILES string of the molecule is C=CCOC(=O)c1cccc(OC(=O)C=C)c1. The summed E-state index contributed by atoms with van der Waals surface area (Å²) < 4.78 is 9.72. The molecule has 4 nitrogen and oxygen atoms in total. The molecule has 0 amide bonds. The summed E-state index contributed by atoms with van der Waals surface area (Å²) in [5.74, 6) is -0.814. The molecule has 0 heterocycles. The summed E-state index contributed by atoms with van der Waals surface area (Å²) in [6.07, 6.45) is 2.52. The monoisotopic (exact) mass is 232 g/mol. The van der Waals surface area contributed by atoms with E-state index in [0.717, 1.165) is 6.08 Å². The van der Waals surface area contributed by atoms with Crippen molar-refractivity contribution < 1.29 is 19.1 Å². The Bertz CT molecular complexity index is 448. The average Bonchev–Trinajstić information content (AvgIpc) is 2.36. The predicted molar refractivity (Wildman–Crippen MR) is 62.8 cm³/mol. The van der Waals surface area contributed by atoms with Crippen molar-refractivity contribution in [2.45, 2.75) is 0 Å². The van der Waals surface area contributed by atoms with Gasteiger partial charge >= 0.3 is 11.9 Å². The Balaban J connectivity index is 2.77. The number of carbonyl (C=O) groups excluding carboxylic acids is 2. The molecule has 1 aromatic carbocycles. The van der Waals surface area contributed by atoms with Crippen LogP contribution in [0.2, 0.25) is 0 Å². The van der Waals surface area contributed by atoms with Crippen LogP contribution < -0.4 is 4.74 Å². The molecule has 17 heavy (non-hydrogen) atoms. The van der Waals surface area contributed by atoms with Gasteiger partial charge in [-0.2, -0.15) is 0 Å². The van der Waals surface area contributed by atoms with Crippen molar-refractivity contribution in [3.8, 4) is 5.75 Å². The Kier molecular flexibility index (Phi) is 4.69. The van der Waals surface area contributed by atoms with Gasteiger partial charge in [0.05, 0.1) is 5.56 Å². The van der Waals surface area contributed by atoms with Crippen molar-refractivity contribution in [2.24, 2.45) is 0 Å². The van der Waals surface area contributed by atoms with Crippen LogP contribution in [0.4, 0.5) is 0 Å². The van der Waals surface area contributed by atoms with E-state index in [1.54, 1.807) is 18.2 Å². The van der Waals surface area contributed by atoms with Gasteiger partial charge in [-0.25, -0.2) is 9.59 Å². The molecule has 1 aromatic rings. The number of hydrogen-bond donors (Lipinski definition) is 0. The topological polar surface area (TPSA) is 52.6 Å². The summed E-state index contributed by atoms with van der Waals surface area (Å²) in [5, 5.41) is 0. The zero-order chi connectivity index (χ0) is 12.7. The molecular weight excluding hydrogens is 220 g/mol. The molecule has 0 aliphatic carbocycles. The third-order valence-electron chi connectivity index (χ3n) is 1.79. The summed E-state index contributed by atoms with van der Waals surface area (Å²) >= 11 is 0. The Morgan fingerprint density at radius 1 is 1.29 bits per heavy atom. The second kappa shape index (κ2) is 6.27. The summed E-state index contributed by atoms with van der Waals surface area (Å²) in [5.41, 5.74) is 0.307. The first-order valence-electron chi connectivity index (χ1n) is 4.89. The van der Waals surface area contributed by atoms with E-state index < -0.39 is 11.9 Å². The third-order valence-corrected chi connectivity index (χ3v) is 1.79. The molecule has 0 saturated heterocycles. The van der Waals surface area contributed by atoms with E-state index in [-0.39, 0.29) is 12.4 Å². The molecule has 0 spiro atoms. The zero-order valence-corrected chi connectivity index (χ0v) is 9.22. The summed E-state index contributed by atoms with van der Waals surface area (Å²) in [4.78, 5) is 22.4. The molecular formula is C13H12O4. The fourth-order valence-corrected chi connectivity index (χ4v) is 1.06. The van der Waals surface area contributed by atoms with Crippen molar-refractivity contribution in [2.75, 3.05) is 6.61 Å². The maximum absolute atomic E-state index is 11.5. The van der Waals surface area contributed by atoms with E-state index in [1.165, 1.54) is 12.1 Å². The number of benzene rings is 1. The van der Waals surface area contributed by atoms with Crippen LogP contribution in [-0.4, -0.2) is 18.5 Å². The first-order chi connectivity index (χ1) is 8.17. The molecule has 0 unspecified atom stereocenters. The highest BCUT2D eigenvalue weighted by Gasteiger charge is 2.08. The fourth-order valence-electron chi connectivity index (χ4n) is 1.06. The van der Waals surface area contributed by atoms with Gasteiger partial charge in [-0.05, 0) is 18.2 Å². The molecule has 0 atom stereocenters. The van der Waals surface area contributed by atoms with Crippen molar-refractivity contribution >= 4 is 11.9 Å². The van der Waals surface area contributed by atoms with Gasteiger partial charge in [0.25, 0.3) is 0 Å². The molecule has 0 aromatic heterocycles. The van der Waals surface area contributed by atoms with Crippen LogP contribution in [0.5, 0.6) is 5.75 Å². The highest BCUT2D eigenvalue weighted by molar-refractivity contribution is 5.90. The maximum atomic E-state index is 11.5. The molecule has 4 heteroatoms. The molecule has 0 bridgehead atoms. The highest BCUT2D eigenvalue weighted by Crippen LogP contribution is 2.14. The van der Waals surface area contributed by atoms with E-state index in [1.807, 2.05) is 0 Å². The van der Waals surface area contributed by atoms with Gasteiger partial charge in [0.2, 0.25) is 0 Å².